The first-order valence-corrected chi connectivity index (χ1v) is 10.2. The summed E-state index contributed by atoms with van der Waals surface area (Å²) in [5.74, 6) is -0.392. The normalized spacial score (nSPS) is 10.8. The van der Waals surface area contributed by atoms with Gasteiger partial charge in [-0.15, -0.1) is 5.10 Å². The van der Waals surface area contributed by atoms with Gasteiger partial charge in [-0.2, -0.15) is 4.57 Å². The van der Waals surface area contributed by atoms with E-state index in [9.17, 15) is 15.0 Å². The summed E-state index contributed by atoms with van der Waals surface area (Å²) in [5, 5.41) is 29.5. The van der Waals surface area contributed by atoms with Crippen LogP contribution in [0.2, 0.25) is 5.02 Å². The van der Waals surface area contributed by atoms with Crippen molar-refractivity contribution in [2.75, 3.05) is 5.75 Å². The number of nitrogens with zero attached hydrogens (tertiary/aromatic N) is 3. The number of ketones is 1. The quantitative estimate of drug-likeness (QED) is 0.272. The van der Waals surface area contributed by atoms with E-state index in [4.69, 9.17) is 11.6 Å². The Morgan fingerprint density at radius 3 is 2.57 bits per heavy atom. The maximum absolute atomic E-state index is 12.5. The third kappa shape index (κ3) is 4.14. The molecule has 0 aliphatic heterocycles. The van der Waals surface area contributed by atoms with E-state index in [0.29, 0.717) is 10.2 Å². The van der Waals surface area contributed by atoms with Crippen molar-refractivity contribution in [3.8, 4) is 28.6 Å². The minimum Gasteiger partial charge on any atom is -0.870 e. The molecule has 4 rings (SSSR count). The van der Waals surface area contributed by atoms with E-state index in [1.54, 1.807) is 24.5 Å². The van der Waals surface area contributed by atoms with Gasteiger partial charge in [-0.3, -0.25) is 9.78 Å². The number of Topliss-reactive ketones (excluding diaryl/α,β-unsaturated/α-hetero) is 1. The SMILES string of the molecule is O=C(CSc1n[nH]c(-c2ccncc2)[n+]1-c1ccc(Cl)cc1)c1ccc([O-])c(O)c1. The molecule has 0 aliphatic carbocycles. The van der Waals surface area contributed by atoms with Gasteiger partial charge in [0.05, 0.1) is 16.4 Å². The Hall–Kier alpha value is -3.36. The smallest absolute Gasteiger partial charge is 0.342 e. The Kier molecular flexibility index (Phi) is 5.69. The molecule has 2 heterocycles. The van der Waals surface area contributed by atoms with Crippen LogP contribution in [0.1, 0.15) is 10.4 Å². The number of aromatic nitrogens is 4. The fourth-order valence-corrected chi connectivity index (χ4v) is 3.82. The number of hydrogen-bond donors (Lipinski definition) is 2. The molecule has 0 amide bonds. The fraction of sp³-hybridized carbons (Fsp3) is 0.0476. The Bertz CT molecular complexity index is 1200. The number of aromatic amines is 1. The van der Waals surface area contributed by atoms with Crippen molar-refractivity contribution < 1.29 is 19.6 Å². The molecule has 4 aromatic rings. The van der Waals surface area contributed by atoms with Gasteiger partial charge in [0.2, 0.25) is 0 Å². The monoisotopic (exact) mass is 438 g/mol. The van der Waals surface area contributed by atoms with Crippen molar-refractivity contribution in [3.63, 3.8) is 0 Å². The Balaban J connectivity index is 1.66. The first-order chi connectivity index (χ1) is 14.5. The lowest BCUT2D eigenvalue weighted by Gasteiger charge is -2.09. The van der Waals surface area contributed by atoms with Gasteiger partial charge >= 0.3 is 5.16 Å². The summed E-state index contributed by atoms with van der Waals surface area (Å²) in [6.07, 6.45) is 3.37. The molecule has 2 aromatic carbocycles. The molecule has 2 aromatic heterocycles. The fourth-order valence-electron chi connectivity index (χ4n) is 2.83. The summed E-state index contributed by atoms with van der Waals surface area (Å²) >= 11 is 7.27. The summed E-state index contributed by atoms with van der Waals surface area (Å²) in [5.41, 5.74) is 1.97. The van der Waals surface area contributed by atoms with E-state index in [1.807, 2.05) is 28.8 Å². The molecule has 0 aliphatic rings. The van der Waals surface area contributed by atoms with Crippen LogP contribution >= 0.6 is 23.4 Å². The number of rotatable bonds is 6. The number of phenolic OH excluding ortho intramolecular Hbond substituents is 1. The molecule has 0 saturated heterocycles. The van der Waals surface area contributed by atoms with Crippen LogP contribution < -0.4 is 9.67 Å². The number of carbonyl (C=O) groups is 1. The maximum atomic E-state index is 12.5. The van der Waals surface area contributed by atoms with Gasteiger partial charge in [0, 0.05) is 23.0 Å². The number of pyridine rings is 1. The van der Waals surface area contributed by atoms with Crippen LogP contribution in [0.3, 0.4) is 0 Å². The Morgan fingerprint density at radius 2 is 1.87 bits per heavy atom. The number of H-pyrrole nitrogens is 1. The molecule has 0 saturated carbocycles. The second-order valence-electron chi connectivity index (χ2n) is 6.30. The summed E-state index contributed by atoms with van der Waals surface area (Å²) < 4.78 is 1.89. The third-order valence-electron chi connectivity index (χ3n) is 4.32. The molecule has 0 spiro atoms. The molecule has 0 atom stereocenters. The molecule has 0 fully saturated rings. The number of carbonyl (C=O) groups excluding carboxylic acids is 1. The van der Waals surface area contributed by atoms with Crippen LogP contribution in [-0.4, -0.2) is 31.8 Å². The van der Waals surface area contributed by atoms with Crippen molar-refractivity contribution in [3.05, 3.63) is 77.6 Å². The molecule has 0 bridgehead atoms. The summed E-state index contributed by atoms with van der Waals surface area (Å²) in [6, 6.07) is 14.8. The van der Waals surface area contributed by atoms with Crippen molar-refractivity contribution >= 4 is 29.1 Å². The zero-order valence-electron chi connectivity index (χ0n) is 15.4. The summed E-state index contributed by atoms with van der Waals surface area (Å²) in [6.45, 7) is 0. The van der Waals surface area contributed by atoms with E-state index in [0.717, 1.165) is 17.1 Å². The predicted molar refractivity (Wildman–Crippen MR) is 111 cm³/mol. The zero-order valence-corrected chi connectivity index (χ0v) is 17.0. The Morgan fingerprint density at radius 1 is 1.13 bits per heavy atom. The highest BCUT2D eigenvalue weighted by atomic mass is 35.5. The van der Waals surface area contributed by atoms with E-state index in [2.05, 4.69) is 15.2 Å². The van der Waals surface area contributed by atoms with Gasteiger partial charge in [0.25, 0.3) is 5.82 Å². The van der Waals surface area contributed by atoms with Crippen LogP contribution in [0.25, 0.3) is 17.1 Å². The van der Waals surface area contributed by atoms with E-state index >= 15 is 0 Å². The molecular formula is C21H15ClN4O3S. The number of aromatic hydroxyl groups is 1. The molecule has 150 valence electrons. The van der Waals surface area contributed by atoms with E-state index in [-0.39, 0.29) is 17.1 Å². The zero-order chi connectivity index (χ0) is 21.1. The highest BCUT2D eigenvalue weighted by Crippen LogP contribution is 2.25. The molecule has 30 heavy (non-hydrogen) atoms. The number of nitrogens with one attached hydrogen (secondary N) is 1. The second-order valence-corrected chi connectivity index (χ2v) is 7.68. The van der Waals surface area contributed by atoms with Gasteiger partial charge in [0.15, 0.2) is 5.78 Å². The van der Waals surface area contributed by atoms with Crippen LogP contribution in [0, 0.1) is 0 Å². The molecular weight excluding hydrogens is 424 g/mol. The maximum Gasteiger partial charge on any atom is 0.342 e. The van der Waals surface area contributed by atoms with Crippen molar-refractivity contribution in [2.45, 2.75) is 5.16 Å². The van der Waals surface area contributed by atoms with Gasteiger partial charge in [-0.1, -0.05) is 29.5 Å². The lowest BCUT2D eigenvalue weighted by atomic mass is 10.1. The van der Waals surface area contributed by atoms with E-state index in [1.165, 1.54) is 30.0 Å². The minimum atomic E-state index is -0.519. The summed E-state index contributed by atoms with van der Waals surface area (Å²) in [4.78, 5) is 16.6. The number of halogens is 1. The number of thioether (sulfide) groups is 1. The second kappa shape index (κ2) is 8.56. The van der Waals surface area contributed by atoms with Gasteiger partial charge in [0.1, 0.15) is 11.4 Å². The standard InChI is InChI=1S/C21H15ClN4O3S/c22-15-2-4-16(5-3-15)26-20(13-7-9-23-10-8-13)24-25-21(26)30-12-19(29)14-1-6-17(27)18(28)11-14/h1-11H,12H2,(H2,23,24,27,28,29). The van der Waals surface area contributed by atoms with Crippen molar-refractivity contribution in [1.82, 2.24) is 15.2 Å². The van der Waals surface area contributed by atoms with Gasteiger partial charge in [-0.05, 0) is 54.2 Å². The molecule has 0 radical (unpaired) electrons. The average Bonchev–Trinajstić information content (AvgIpc) is 3.19. The highest BCUT2D eigenvalue weighted by molar-refractivity contribution is 7.99. The molecule has 9 heteroatoms. The third-order valence-corrected chi connectivity index (χ3v) is 5.51. The molecule has 2 N–H and O–H groups in total. The van der Waals surface area contributed by atoms with Gasteiger partial charge < -0.3 is 10.2 Å². The number of hydrogen-bond acceptors (Lipinski definition) is 6. The topological polar surface area (TPSA) is 106 Å². The lowest BCUT2D eigenvalue weighted by molar-refractivity contribution is -0.625. The first-order valence-electron chi connectivity index (χ1n) is 8.86. The first kappa shape index (κ1) is 19.9. The van der Waals surface area contributed by atoms with E-state index < -0.39 is 11.5 Å². The molecule has 0 unspecified atom stereocenters. The van der Waals surface area contributed by atoms with Crippen LogP contribution in [-0.2, 0) is 0 Å². The Labute approximate surface area is 181 Å². The summed E-state index contributed by atoms with van der Waals surface area (Å²) in [7, 11) is 0. The van der Waals surface area contributed by atoms with Crippen molar-refractivity contribution in [1.29, 1.82) is 0 Å². The largest absolute Gasteiger partial charge is 0.870 e. The van der Waals surface area contributed by atoms with Gasteiger partial charge in [-0.25, -0.2) is 0 Å². The average molecular weight is 439 g/mol. The van der Waals surface area contributed by atoms with Crippen molar-refractivity contribution in [2.24, 2.45) is 0 Å². The van der Waals surface area contributed by atoms with Crippen LogP contribution in [0.4, 0.5) is 0 Å². The van der Waals surface area contributed by atoms with Crippen LogP contribution in [0.5, 0.6) is 11.5 Å². The predicted octanol–water partition coefficient (Wildman–Crippen LogP) is 3.16. The highest BCUT2D eigenvalue weighted by Gasteiger charge is 2.24. The molecule has 7 nitrogen and oxygen atoms in total. The lowest BCUT2D eigenvalue weighted by Crippen LogP contribution is -2.34. The number of benzene rings is 2. The minimum absolute atomic E-state index is 0.0753. The number of phenols is 1. The van der Waals surface area contributed by atoms with Crippen LogP contribution in [0.15, 0.2) is 72.1 Å².